The Bertz CT molecular complexity index is 1150. The first-order valence-corrected chi connectivity index (χ1v) is 8.35. The second kappa shape index (κ2) is 6.36. The lowest BCUT2D eigenvalue weighted by Gasteiger charge is -2.14. The Morgan fingerprint density at radius 2 is 1.96 bits per heavy atom. The summed E-state index contributed by atoms with van der Waals surface area (Å²) in [5.74, 6) is -0.742. The number of aromatic nitrogens is 3. The highest BCUT2D eigenvalue weighted by molar-refractivity contribution is 7.13. The highest BCUT2D eigenvalue weighted by Gasteiger charge is 2.35. The molecule has 1 aromatic carbocycles. The van der Waals surface area contributed by atoms with Gasteiger partial charge in [0, 0.05) is 18.5 Å². The zero-order valence-corrected chi connectivity index (χ0v) is 14.6. The molecule has 0 radical (unpaired) electrons. The summed E-state index contributed by atoms with van der Waals surface area (Å²) in [6.07, 6.45) is -4.84. The SMILES string of the molecule is Cn1c(C(F)(F)F)cc(=O)n(-c2ccc3snc(C(=O)CCl)c3c2)c1=O. The first kappa shape index (κ1) is 18.3. The molecule has 6 nitrogen and oxygen atoms in total. The topological polar surface area (TPSA) is 74.0 Å². The summed E-state index contributed by atoms with van der Waals surface area (Å²) < 4.78 is 44.3. The van der Waals surface area contributed by atoms with Crippen LogP contribution in [0.4, 0.5) is 13.2 Å². The molecule has 0 spiro atoms. The van der Waals surface area contributed by atoms with Crippen LogP contribution in [0.2, 0.25) is 0 Å². The second-order valence-corrected chi connectivity index (χ2v) is 6.38. The van der Waals surface area contributed by atoms with Crippen molar-refractivity contribution in [3.05, 3.63) is 56.5 Å². The van der Waals surface area contributed by atoms with Gasteiger partial charge in [-0.05, 0) is 29.7 Å². The lowest BCUT2D eigenvalue weighted by atomic mass is 10.1. The molecule has 3 rings (SSSR count). The Morgan fingerprint density at radius 3 is 2.58 bits per heavy atom. The van der Waals surface area contributed by atoms with E-state index in [0.29, 0.717) is 25.3 Å². The third kappa shape index (κ3) is 2.95. The zero-order chi connectivity index (χ0) is 19.2. The summed E-state index contributed by atoms with van der Waals surface area (Å²) in [6, 6.07) is 4.62. The number of nitrogens with zero attached hydrogens (tertiary/aromatic N) is 3. The predicted octanol–water partition coefficient (Wildman–Crippen LogP) is 2.59. The Balaban J connectivity index is 2.28. The van der Waals surface area contributed by atoms with Crippen molar-refractivity contribution in [2.24, 2.45) is 7.05 Å². The molecule has 0 saturated heterocycles. The number of rotatable bonds is 3. The maximum Gasteiger partial charge on any atom is 0.431 e. The molecule has 0 aliphatic carbocycles. The van der Waals surface area contributed by atoms with Crippen molar-refractivity contribution in [2.75, 3.05) is 5.88 Å². The van der Waals surface area contributed by atoms with Gasteiger partial charge in [-0.2, -0.15) is 17.5 Å². The molecular formula is C15H9ClF3N3O3S. The summed E-state index contributed by atoms with van der Waals surface area (Å²) in [5.41, 5.74) is -3.52. The van der Waals surface area contributed by atoms with E-state index >= 15 is 0 Å². The van der Waals surface area contributed by atoms with Gasteiger partial charge in [0.1, 0.15) is 11.4 Å². The normalized spacial score (nSPS) is 11.9. The Morgan fingerprint density at radius 1 is 1.27 bits per heavy atom. The molecule has 2 heterocycles. The molecule has 0 atom stereocenters. The average molecular weight is 404 g/mol. The molecule has 0 bridgehead atoms. The lowest BCUT2D eigenvalue weighted by Crippen LogP contribution is -2.40. The minimum atomic E-state index is -4.84. The minimum absolute atomic E-state index is 0.0284. The van der Waals surface area contributed by atoms with Gasteiger partial charge in [0.2, 0.25) is 0 Å². The lowest BCUT2D eigenvalue weighted by molar-refractivity contribution is -0.144. The van der Waals surface area contributed by atoms with E-state index in [4.69, 9.17) is 11.6 Å². The zero-order valence-electron chi connectivity index (χ0n) is 13.0. The number of hydrogen-bond acceptors (Lipinski definition) is 5. The van der Waals surface area contributed by atoms with Crippen molar-refractivity contribution >= 4 is 39.0 Å². The van der Waals surface area contributed by atoms with Crippen LogP contribution in [0.3, 0.4) is 0 Å². The number of ketones is 1. The number of carbonyl (C=O) groups excluding carboxylic acids is 1. The van der Waals surface area contributed by atoms with Crippen LogP contribution in [0.25, 0.3) is 15.8 Å². The smallest absolute Gasteiger partial charge is 0.292 e. The Labute approximate surface area is 152 Å². The summed E-state index contributed by atoms with van der Waals surface area (Å²) in [7, 11) is 0.925. The van der Waals surface area contributed by atoms with Crippen LogP contribution >= 0.6 is 23.1 Å². The molecule has 0 amide bonds. The van der Waals surface area contributed by atoms with Gasteiger partial charge in [-0.1, -0.05) is 0 Å². The van der Waals surface area contributed by atoms with Gasteiger partial charge in [0.25, 0.3) is 5.56 Å². The van der Waals surface area contributed by atoms with E-state index in [1.165, 1.54) is 18.2 Å². The number of carbonyl (C=O) groups is 1. The van der Waals surface area contributed by atoms with E-state index < -0.39 is 28.9 Å². The van der Waals surface area contributed by atoms with E-state index in [1.54, 1.807) is 0 Å². The van der Waals surface area contributed by atoms with Crippen LogP contribution in [0.5, 0.6) is 0 Å². The van der Waals surface area contributed by atoms with Crippen molar-refractivity contribution in [2.45, 2.75) is 6.18 Å². The van der Waals surface area contributed by atoms with Crippen LogP contribution in [-0.2, 0) is 13.2 Å². The highest BCUT2D eigenvalue weighted by Crippen LogP contribution is 2.28. The van der Waals surface area contributed by atoms with Crippen LogP contribution in [-0.4, -0.2) is 25.2 Å². The minimum Gasteiger partial charge on any atom is -0.292 e. The van der Waals surface area contributed by atoms with E-state index in [2.05, 4.69) is 4.37 Å². The Hall–Kier alpha value is -2.46. The van der Waals surface area contributed by atoms with Crippen LogP contribution in [0.15, 0.2) is 33.9 Å². The third-order valence-electron chi connectivity index (χ3n) is 3.71. The monoisotopic (exact) mass is 403 g/mol. The van der Waals surface area contributed by atoms with E-state index in [9.17, 15) is 27.6 Å². The fourth-order valence-corrected chi connectivity index (χ4v) is 3.36. The van der Waals surface area contributed by atoms with Crippen molar-refractivity contribution in [1.29, 1.82) is 0 Å². The maximum absolute atomic E-state index is 12.9. The van der Waals surface area contributed by atoms with Gasteiger partial charge in [-0.15, -0.1) is 11.6 Å². The fourth-order valence-electron chi connectivity index (χ4n) is 2.47. The summed E-state index contributed by atoms with van der Waals surface area (Å²) in [4.78, 5) is 36.3. The molecule has 0 fully saturated rings. The molecule has 0 aliphatic heterocycles. The third-order valence-corrected chi connectivity index (χ3v) is 4.78. The number of halogens is 4. The van der Waals surface area contributed by atoms with E-state index in [-0.39, 0.29) is 17.3 Å². The largest absolute Gasteiger partial charge is 0.431 e. The van der Waals surface area contributed by atoms with Gasteiger partial charge in [0.05, 0.1) is 16.3 Å². The van der Waals surface area contributed by atoms with Gasteiger partial charge in [0.15, 0.2) is 5.78 Å². The number of hydrogen-bond donors (Lipinski definition) is 0. The second-order valence-electron chi connectivity index (χ2n) is 5.31. The van der Waals surface area contributed by atoms with Crippen molar-refractivity contribution in [1.82, 2.24) is 13.5 Å². The van der Waals surface area contributed by atoms with Gasteiger partial charge < -0.3 is 0 Å². The van der Waals surface area contributed by atoms with Crippen LogP contribution < -0.4 is 11.2 Å². The number of benzene rings is 1. The molecule has 11 heteroatoms. The summed E-state index contributed by atoms with van der Waals surface area (Å²) in [6.45, 7) is 0. The van der Waals surface area contributed by atoms with E-state index in [1.807, 2.05) is 0 Å². The van der Waals surface area contributed by atoms with Gasteiger partial charge in [-0.25, -0.2) is 9.36 Å². The number of Topliss-reactive ketones (excluding diaryl/α,β-unsaturated/α-hetero) is 1. The van der Waals surface area contributed by atoms with Crippen molar-refractivity contribution in [3.63, 3.8) is 0 Å². The molecule has 3 aromatic rings. The average Bonchev–Trinajstić information content (AvgIpc) is 3.00. The Kier molecular flexibility index (Phi) is 4.49. The molecule has 26 heavy (non-hydrogen) atoms. The quantitative estimate of drug-likeness (QED) is 0.497. The van der Waals surface area contributed by atoms with Crippen LogP contribution in [0, 0.1) is 0 Å². The summed E-state index contributed by atoms with van der Waals surface area (Å²) >= 11 is 6.56. The van der Waals surface area contributed by atoms with Crippen molar-refractivity contribution in [3.8, 4) is 5.69 Å². The van der Waals surface area contributed by atoms with Crippen molar-refractivity contribution < 1.29 is 18.0 Å². The first-order valence-electron chi connectivity index (χ1n) is 7.04. The molecule has 0 N–H and O–H groups in total. The maximum atomic E-state index is 12.9. The van der Waals surface area contributed by atoms with Gasteiger partial charge in [-0.3, -0.25) is 14.2 Å². The molecule has 136 valence electrons. The summed E-state index contributed by atoms with van der Waals surface area (Å²) in [5, 5.41) is 0.368. The van der Waals surface area contributed by atoms with Gasteiger partial charge >= 0.3 is 11.9 Å². The highest BCUT2D eigenvalue weighted by atomic mass is 35.5. The fraction of sp³-hybridized carbons (Fsp3) is 0.200. The van der Waals surface area contributed by atoms with E-state index in [0.717, 1.165) is 18.6 Å². The molecule has 0 aliphatic rings. The number of fused-ring (bicyclic) bond motifs is 1. The van der Waals surface area contributed by atoms with Crippen LogP contribution in [0.1, 0.15) is 16.2 Å². The first-order chi connectivity index (χ1) is 12.1. The number of alkyl halides is 4. The predicted molar refractivity (Wildman–Crippen MR) is 90.5 cm³/mol. The molecule has 0 saturated carbocycles. The molecule has 2 aromatic heterocycles. The molecular weight excluding hydrogens is 395 g/mol. The standard InChI is InChI=1S/C15H9ClF3N3O3S/c1-21-11(15(17,18)19)5-12(24)22(14(21)25)7-2-3-10-8(4-7)13(20-26-10)9(23)6-16/h2-5H,6H2,1H3. The molecule has 0 unspecified atom stereocenters.